The van der Waals surface area contributed by atoms with Gasteiger partial charge in [0, 0.05) is 17.6 Å². The Morgan fingerprint density at radius 2 is 1.76 bits per heavy atom. The molecule has 2 aliphatic rings. The van der Waals surface area contributed by atoms with Gasteiger partial charge in [0.05, 0.1) is 11.5 Å². The van der Waals surface area contributed by atoms with Crippen molar-refractivity contribution in [3.05, 3.63) is 34.3 Å². The number of hydrogen-bond acceptors (Lipinski definition) is 3. The molecule has 0 radical (unpaired) electrons. The van der Waals surface area contributed by atoms with Crippen LogP contribution in [0, 0.1) is 16.7 Å². The van der Waals surface area contributed by atoms with E-state index in [2.05, 4.69) is 34.1 Å². The minimum Gasteiger partial charge on any atom is -0.444 e. The first-order chi connectivity index (χ1) is 11.7. The van der Waals surface area contributed by atoms with Gasteiger partial charge in [0.2, 0.25) is 0 Å². The Bertz CT molecular complexity index is 684. The standard InChI is InChI=1S/C20H25BrN2O2/c1-18(2,3)25-17(24)23-10-8-19(9-11-23)12-20(13-19,14-22)15-4-6-16(21)7-5-15/h4-7H,8-13H2,1-3H3. The van der Waals surface area contributed by atoms with Crippen LogP contribution < -0.4 is 0 Å². The predicted octanol–water partition coefficient (Wildman–Crippen LogP) is 5.02. The molecule has 2 fully saturated rings. The van der Waals surface area contributed by atoms with Crippen molar-refractivity contribution in [3.63, 3.8) is 0 Å². The fraction of sp³-hybridized carbons (Fsp3) is 0.600. The summed E-state index contributed by atoms with van der Waals surface area (Å²) in [6.07, 6.45) is 3.46. The zero-order valence-electron chi connectivity index (χ0n) is 15.1. The number of carbonyl (C=O) groups is 1. The molecule has 1 spiro atoms. The first-order valence-corrected chi connectivity index (χ1v) is 9.62. The average molecular weight is 405 g/mol. The fourth-order valence-corrected chi connectivity index (χ4v) is 4.45. The Kier molecular flexibility index (Phi) is 4.61. The van der Waals surface area contributed by atoms with Gasteiger partial charge in [0.15, 0.2) is 0 Å². The summed E-state index contributed by atoms with van der Waals surface area (Å²) in [6, 6.07) is 10.7. The molecule has 3 rings (SSSR count). The molecule has 1 saturated heterocycles. The highest BCUT2D eigenvalue weighted by atomic mass is 79.9. The smallest absolute Gasteiger partial charge is 0.410 e. The lowest BCUT2D eigenvalue weighted by Crippen LogP contribution is -2.55. The zero-order valence-corrected chi connectivity index (χ0v) is 16.7. The third-order valence-electron chi connectivity index (χ3n) is 5.44. The van der Waals surface area contributed by atoms with Crippen LogP contribution in [0.1, 0.15) is 52.0 Å². The van der Waals surface area contributed by atoms with Crippen LogP contribution in [0.25, 0.3) is 0 Å². The maximum Gasteiger partial charge on any atom is 0.410 e. The summed E-state index contributed by atoms with van der Waals surface area (Å²) in [4.78, 5) is 14.0. The first kappa shape index (κ1) is 18.3. The minimum absolute atomic E-state index is 0.196. The summed E-state index contributed by atoms with van der Waals surface area (Å²) in [7, 11) is 0. The van der Waals surface area contributed by atoms with Gasteiger partial charge in [-0.1, -0.05) is 28.1 Å². The maximum atomic E-state index is 12.2. The van der Waals surface area contributed by atoms with E-state index in [1.807, 2.05) is 37.8 Å². The number of ether oxygens (including phenoxy) is 1. The van der Waals surface area contributed by atoms with E-state index in [0.717, 1.165) is 48.8 Å². The van der Waals surface area contributed by atoms with Gasteiger partial charge in [-0.2, -0.15) is 5.26 Å². The molecule has 4 nitrogen and oxygen atoms in total. The van der Waals surface area contributed by atoms with Gasteiger partial charge in [0.25, 0.3) is 0 Å². The molecule has 1 aromatic carbocycles. The number of amides is 1. The molecule has 0 N–H and O–H groups in total. The Labute approximate surface area is 158 Å². The van der Waals surface area contributed by atoms with E-state index in [-0.39, 0.29) is 16.9 Å². The van der Waals surface area contributed by atoms with E-state index in [1.165, 1.54) is 0 Å². The number of halogens is 1. The van der Waals surface area contributed by atoms with Crippen molar-refractivity contribution < 1.29 is 9.53 Å². The van der Waals surface area contributed by atoms with E-state index in [0.29, 0.717) is 0 Å². The fourth-order valence-electron chi connectivity index (χ4n) is 4.19. The molecule has 1 amide bonds. The quantitative estimate of drug-likeness (QED) is 0.659. The molecule has 1 saturated carbocycles. The Balaban J connectivity index is 1.62. The molecule has 1 aliphatic heterocycles. The van der Waals surface area contributed by atoms with Gasteiger partial charge in [-0.25, -0.2) is 4.79 Å². The van der Waals surface area contributed by atoms with Crippen LogP contribution in [0.2, 0.25) is 0 Å². The number of carbonyl (C=O) groups excluding carboxylic acids is 1. The Morgan fingerprint density at radius 1 is 1.20 bits per heavy atom. The third-order valence-corrected chi connectivity index (χ3v) is 5.97. The molecule has 0 bridgehead atoms. The average Bonchev–Trinajstić information content (AvgIpc) is 2.52. The lowest BCUT2D eigenvalue weighted by molar-refractivity contribution is -0.0263. The SMILES string of the molecule is CC(C)(C)OC(=O)N1CCC2(CC1)CC(C#N)(c1ccc(Br)cc1)C2. The van der Waals surface area contributed by atoms with Crippen molar-refractivity contribution >= 4 is 22.0 Å². The number of benzene rings is 1. The monoisotopic (exact) mass is 404 g/mol. The molecular formula is C20H25BrN2O2. The maximum absolute atomic E-state index is 12.2. The van der Waals surface area contributed by atoms with Gasteiger partial charge in [-0.15, -0.1) is 0 Å². The summed E-state index contributed by atoms with van der Waals surface area (Å²) >= 11 is 3.45. The van der Waals surface area contributed by atoms with Gasteiger partial charge in [-0.3, -0.25) is 0 Å². The normalized spacial score (nSPS) is 21.3. The molecule has 5 heteroatoms. The molecule has 0 atom stereocenters. The highest BCUT2D eigenvalue weighted by Crippen LogP contribution is 2.60. The van der Waals surface area contributed by atoms with Crippen LogP contribution in [0.4, 0.5) is 4.79 Å². The van der Waals surface area contributed by atoms with Crippen molar-refractivity contribution in [2.24, 2.45) is 5.41 Å². The number of nitriles is 1. The van der Waals surface area contributed by atoms with Gasteiger partial charge >= 0.3 is 6.09 Å². The number of likely N-dealkylation sites (tertiary alicyclic amines) is 1. The summed E-state index contributed by atoms with van der Waals surface area (Å²) in [6.45, 7) is 7.11. The van der Waals surface area contributed by atoms with Crippen molar-refractivity contribution in [2.75, 3.05) is 13.1 Å². The lowest BCUT2D eigenvalue weighted by Gasteiger charge is -2.56. The second-order valence-corrected chi connectivity index (χ2v) is 9.44. The zero-order chi connectivity index (χ0) is 18.3. The van der Waals surface area contributed by atoms with E-state index in [9.17, 15) is 10.1 Å². The van der Waals surface area contributed by atoms with Crippen molar-refractivity contribution in [3.8, 4) is 6.07 Å². The molecule has 0 unspecified atom stereocenters. The van der Waals surface area contributed by atoms with Crippen LogP contribution in [0.5, 0.6) is 0 Å². The van der Waals surface area contributed by atoms with E-state index >= 15 is 0 Å². The van der Waals surface area contributed by atoms with Crippen molar-refractivity contribution in [2.45, 2.75) is 57.5 Å². The van der Waals surface area contributed by atoms with E-state index in [1.54, 1.807) is 0 Å². The van der Waals surface area contributed by atoms with Crippen LogP contribution in [0.15, 0.2) is 28.7 Å². The Hall–Kier alpha value is -1.54. The summed E-state index contributed by atoms with van der Waals surface area (Å²) in [5.74, 6) is 0. The van der Waals surface area contributed by atoms with Crippen molar-refractivity contribution in [1.82, 2.24) is 4.90 Å². The minimum atomic E-state index is -0.458. The summed E-state index contributed by atoms with van der Waals surface area (Å²) in [5, 5.41) is 9.79. The largest absolute Gasteiger partial charge is 0.444 e. The molecular weight excluding hydrogens is 380 g/mol. The third kappa shape index (κ3) is 3.69. The summed E-state index contributed by atoms with van der Waals surface area (Å²) < 4.78 is 6.50. The molecule has 1 aromatic rings. The molecule has 0 aromatic heterocycles. The van der Waals surface area contributed by atoms with Crippen LogP contribution in [0.3, 0.4) is 0 Å². The summed E-state index contributed by atoms with van der Waals surface area (Å²) in [5.41, 5.74) is 0.481. The van der Waals surface area contributed by atoms with Gasteiger partial charge < -0.3 is 9.64 Å². The van der Waals surface area contributed by atoms with Gasteiger partial charge in [-0.05, 0) is 69.6 Å². The van der Waals surface area contributed by atoms with Crippen LogP contribution in [-0.2, 0) is 10.2 Å². The topological polar surface area (TPSA) is 53.3 Å². The lowest BCUT2D eigenvalue weighted by atomic mass is 9.48. The number of piperidine rings is 1. The first-order valence-electron chi connectivity index (χ1n) is 8.82. The number of rotatable bonds is 1. The van der Waals surface area contributed by atoms with Gasteiger partial charge in [0.1, 0.15) is 5.60 Å². The number of nitrogens with zero attached hydrogens (tertiary/aromatic N) is 2. The highest BCUT2D eigenvalue weighted by molar-refractivity contribution is 9.10. The molecule has 134 valence electrons. The molecule has 25 heavy (non-hydrogen) atoms. The van der Waals surface area contributed by atoms with E-state index in [4.69, 9.17) is 4.74 Å². The van der Waals surface area contributed by atoms with E-state index < -0.39 is 5.60 Å². The molecule has 1 heterocycles. The predicted molar refractivity (Wildman–Crippen MR) is 100 cm³/mol. The Morgan fingerprint density at radius 3 is 2.24 bits per heavy atom. The highest BCUT2D eigenvalue weighted by Gasteiger charge is 2.56. The number of hydrogen-bond donors (Lipinski definition) is 0. The molecule has 1 aliphatic carbocycles. The van der Waals surface area contributed by atoms with Crippen molar-refractivity contribution in [1.29, 1.82) is 5.26 Å². The second-order valence-electron chi connectivity index (χ2n) is 8.52. The van der Waals surface area contributed by atoms with Crippen LogP contribution in [-0.4, -0.2) is 29.7 Å². The second kappa shape index (κ2) is 6.32. The van der Waals surface area contributed by atoms with Crippen LogP contribution >= 0.6 is 15.9 Å².